The molecule has 0 radical (unpaired) electrons. The Morgan fingerprint density at radius 1 is 1.26 bits per heavy atom. The van der Waals surface area contributed by atoms with Crippen LogP contribution < -0.4 is 5.73 Å². The standard InChI is InChI=1S/C14H23N3O2/c1-4-8-16(9-5-2)10-12-11(3)6-7-13(14(12)15)17(18)19/h6-7H,4-5,8-10,15H2,1-3H3. The van der Waals surface area contributed by atoms with Gasteiger partial charge >= 0.3 is 0 Å². The normalized spacial score (nSPS) is 10.9. The Labute approximate surface area is 114 Å². The van der Waals surface area contributed by atoms with Crippen LogP contribution in [0.3, 0.4) is 0 Å². The van der Waals surface area contributed by atoms with Crippen LogP contribution in [0.4, 0.5) is 11.4 Å². The molecule has 0 atom stereocenters. The molecule has 0 spiro atoms. The minimum Gasteiger partial charge on any atom is -0.393 e. The summed E-state index contributed by atoms with van der Waals surface area (Å²) in [6, 6.07) is 3.26. The van der Waals surface area contributed by atoms with Crippen molar-refractivity contribution < 1.29 is 4.92 Å². The summed E-state index contributed by atoms with van der Waals surface area (Å²) in [5, 5.41) is 10.9. The van der Waals surface area contributed by atoms with Gasteiger partial charge in [-0.3, -0.25) is 15.0 Å². The van der Waals surface area contributed by atoms with Gasteiger partial charge in [-0.2, -0.15) is 0 Å². The molecule has 19 heavy (non-hydrogen) atoms. The number of benzene rings is 1. The van der Waals surface area contributed by atoms with Gasteiger partial charge in [0.1, 0.15) is 5.69 Å². The molecule has 0 aliphatic heterocycles. The van der Waals surface area contributed by atoms with E-state index in [0.717, 1.165) is 37.1 Å². The van der Waals surface area contributed by atoms with Crippen LogP contribution in [0.25, 0.3) is 0 Å². The molecule has 0 aliphatic carbocycles. The van der Waals surface area contributed by atoms with Gasteiger partial charge in [0.25, 0.3) is 5.69 Å². The molecule has 0 bridgehead atoms. The topological polar surface area (TPSA) is 72.4 Å². The molecule has 1 rings (SSSR count). The highest BCUT2D eigenvalue weighted by atomic mass is 16.6. The molecular formula is C14H23N3O2. The lowest BCUT2D eigenvalue weighted by Gasteiger charge is -2.22. The SMILES string of the molecule is CCCN(CCC)Cc1c(C)ccc([N+](=O)[O-])c1N. The first-order chi connectivity index (χ1) is 9.01. The predicted molar refractivity (Wildman–Crippen MR) is 78.1 cm³/mol. The summed E-state index contributed by atoms with van der Waals surface area (Å²) >= 11 is 0. The molecule has 1 aromatic rings. The van der Waals surface area contributed by atoms with Crippen molar-refractivity contribution in [1.29, 1.82) is 0 Å². The zero-order valence-electron chi connectivity index (χ0n) is 12.0. The smallest absolute Gasteiger partial charge is 0.292 e. The highest BCUT2D eigenvalue weighted by Crippen LogP contribution is 2.28. The van der Waals surface area contributed by atoms with Gasteiger partial charge in [-0.1, -0.05) is 19.9 Å². The third-order valence-electron chi connectivity index (χ3n) is 3.23. The first kappa shape index (κ1) is 15.4. The van der Waals surface area contributed by atoms with E-state index in [1.54, 1.807) is 6.07 Å². The van der Waals surface area contributed by atoms with Crippen molar-refractivity contribution in [2.45, 2.75) is 40.2 Å². The Balaban J connectivity index is 3.04. The van der Waals surface area contributed by atoms with E-state index in [1.807, 2.05) is 6.92 Å². The Morgan fingerprint density at radius 2 is 1.84 bits per heavy atom. The molecular weight excluding hydrogens is 242 g/mol. The molecule has 0 aliphatic rings. The third-order valence-corrected chi connectivity index (χ3v) is 3.23. The minimum absolute atomic E-state index is 0.00791. The number of rotatable bonds is 7. The largest absolute Gasteiger partial charge is 0.393 e. The summed E-state index contributed by atoms with van der Waals surface area (Å²) in [4.78, 5) is 12.8. The van der Waals surface area contributed by atoms with E-state index >= 15 is 0 Å². The fourth-order valence-electron chi connectivity index (χ4n) is 2.26. The zero-order chi connectivity index (χ0) is 14.4. The van der Waals surface area contributed by atoms with Gasteiger partial charge in [0.05, 0.1) is 4.92 Å². The van der Waals surface area contributed by atoms with E-state index in [-0.39, 0.29) is 5.69 Å². The molecule has 0 saturated heterocycles. The second kappa shape index (κ2) is 7.09. The predicted octanol–water partition coefficient (Wildman–Crippen LogP) is 3.11. The third kappa shape index (κ3) is 3.92. The molecule has 1 aromatic carbocycles. The van der Waals surface area contributed by atoms with E-state index in [9.17, 15) is 10.1 Å². The van der Waals surface area contributed by atoms with Gasteiger partial charge in [0, 0.05) is 12.6 Å². The van der Waals surface area contributed by atoms with Crippen LogP contribution in [0.5, 0.6) is 0 Å². The fourth-order valence-corrected chi connectivity index (χ4v) is 2.26. The van der Waals surface area contributed by atoms with Gasteiger partial charge in [-0.25, -0.2) is 0 Å². The Kier molecular flexibility index (Phi) is 5.76. The first-order valence-corrected chi connectivity index (χ1v) is 6.75. The summed E-state index contributed by atoms with van der Waals surface area (Å²) < 4.78 is 0. The average molecular weight is 265 g/mol. The Morgan fingerprint density at radius 3 is 2.32 bits per heavy atom. The monoisotopic (exact) mass is 265 g/mol. The Hall–Kier alpha value is -1.62. The van der Waals surface area contributed by atoms with Crippen LogP contribution in [0.15, 0.2) is 12.1 Å². The maximum atomic E-state index is 10.9. The molecule has 0 heterocycles. The molecule has 0 fully saturated rings. The molecule has 0 aromatic heterocycles. The molecule has 2 N–H and O–H groups in total. The number of hydrogen-bond acceptors (Lipinski definition) is 4. The molecule has 0 amide bonds. The lowest BCUT2D eigenvalue weighted by Crippen LogP contribution is -2.26. The van der Waals surface area contributed by atoms with Crippen molar-refractivity contribution in [1.82, 2.24) is 4.90 Å². The minimum atomic E-state index is -0.414. The van der Waals surface area contributed by atoms with Crippen molar-refractivity contribution in [3.63, 3.8) is 0 Å². The maximum Gasteiger partial charge on any atom is 0.292 e. The molecule has 0 unspecified atom stereocenters. The van der Waals surface area contributed by atoms with Crippen molar-refractivity contribution in [2.24, 2.45) is 0 Å². The summed E-state index contributed by atoms with van der Waals surface area (Å²) in [5.74, 6) is 0. The van der Waals surface area contributed by atoms with Crippen LogP contribution >= 0.6 is 0 Å². The number of anilines is 1. The number of nitrogens with zero attached hydrogens (tertiary/aromatic N) is 2. The van der Waals surface area contributed by atoms with E-state index in [1.165, 1.54) is 6.07 Å². The van der Waals surface area contributed by atoms with E-state index < -0.39 is 4.92 Å². The number of nitro benzene ring substituents is 1. The number of nitrogen functional groups attached to an aromatic ring is 1. The number of aryl methyl sites for hydroxylation is 1. The summed E-state index contributed by atoms with van der Waals surface area (Å²) in [6.45, 7) is 8.86. The quantitative estimate of drug-likeness (QED) is 0.467. The summed E-state index contributed by atoms with van der Waals surface area (Å²) in [6.07, 6.45) is 2.13. The highest BCUT2D eigenvalue weighted by Gasteiger charge is 2.18. The van der Waals surface area contributed by atoms with E-state index in [0.29, 0.717) is 12.2 Å². The molecule has 0 saturated carbocycles. The van der Waals surface area contributed by atoms with Gasteiger partial charge < -0.3 is 5.73 Å². The molecule has 5 nitrogen and oxygen atoms in total. The lowest BCUT2D eigenvalue weighted by atomic mass is 10.0. The van der Waals surface area contributed by atoms with Crippen LogP contribution in [-0.2, 0) is 6.54 Å². The maximum absolute atomic E-state index is 10.9. The van der Waals surface area contributed by atoms with Crippen molar-refractivity contribution in [2.75, 3.05) is 18.8 Å². The molecule has 106 valence electrons. The first-order valence-electron chi connectivity index (χ1n) is 6.75. The second-order valence-corrected chi connectivity index (χ2v) is 4.83. The van der Waals surface area contributed by atoms with Crippen LogP contribution in [0.2, 0.25) is 0 Å². The van der Waals surface area contributed by atoms with Gasteiger partial charge in [0.15, 0.2) is 0 Å². The van der Waals surface area contributed by atoms with Gasteiger partial charge in [-0.05, 0) is 44.0 Å². The number of nitrogens with two attached hydrogens (primary N) is 1. The van der Waals surface area contributed by atoms with Gasteiger partial charge in [-0.15, -0.1) is 0 Å². The summed E-state index contributed by atoms with van der Waals surface area (Å²) in [5.41, 5.74) is 8.17. The zero-order valence-corrected chi connectivity index (χ0v) is 12.0. The van der Waals surface area contributed by atoms with E-state index in [2.05, 4.69) is 18.7 Å². The molecule has 5 heteroatoms. The lowest BCUT2D eigenvalue weighted by molar-refractivity contribution is -0.384. The van der Waals surface area contributed by atoms with Crippen molar-refractivity contribution >= 4 is 11.4 Å². The number of nitro groups is 1. The fraction of sp³-hybridized carbons (Fsp3) is 0.571. The van der Waals surface area contributed by atoms with Crippen molar-refractivity contribution in [3.8, 4) is 0 Å². The van der Waals surface area contributed by atoms with Gasteiger partial charge in [0.2, 0.25) is 0 Å². The Bertz CT molecular complexity index is 441. The average Bonchev–Trinajstić information content (AvgIpc) is 2.34. The van der Waals surface area contributed by atoms with Crippen LogP contribution in [0, 0.1) is 17.0 Å². The van der Waals surface area contributed by atoms with Crippen LogP contribution in [0.1, 0.15) is 37.8 Å². The second-order valence-electron chi connectivity index (χ2n) is 4.83. The van der Waals surface area contributed by atoms with Crippen LogP contribution in [-0.4, -0.2) is 22.9 Å². The van der Waals surface area contributed by atoms with Crippen molar-refractivity contribution in [3.05, 3.63) is 33.4 Å². The highest BCUT2D eigenvalue weighted by molar-refractivity contribution is 5.65. The summed E-state index contributed by atoms with van der Waals surface area (Å²) in [7, 11) is 0. The van der Waals surface area contributed by atoms with E-state index in [4.69, 9.17) is 5.73 Å². The number of hydrogen-bond donors (Lipinski definition) is 1.